The molecule has 9 nitrogen and oxygen atoms in total. The van der Waals surface area contributed by atoms with Gasteiger partial charge >= 0.3 is 6.03 Å². The van der Waals surface area contributed by atoms with Crippen molar-refractivity contribution in [2.45, 2.75) is 39.7 Å². The highest BCUT2D eigenvalue weighted by Crippen LogP contribution is 2.35. The molecule has 2 heterocycles. The summed E-state index contributed by atoms with van der Waals surface area (Å²) in [5, 5.41) is 18.1. The van der Waals surface area contributed by atoms with Crippen molar-refractivity contribution < 1.29 is 9.59 Å². The zero-order valence-electron chi connectivity index (χ0n) is 16.9. The number of nitrogens with zero attached hydrogens (tertiary/aromatic N) is 5. The number of hydrogen-bond donors (Lipinski definition) is 2. The van der Waals surface area contributed by atoms with Crippen molar-refractivity contribution in [2.24, 2.45) is 5.92 Å². The Morgan fingerprint density at radius 2 is 2.00 bits per heavy atom. The molecule has 1 fully saturated rings. The molecule has 1 aliphatic rings. The summed E-state index contributed by atoms with van der Waals surface area (Å²) >= 11 is 1.40. The van der Waals surface area contributed by atoms with Crippen molar-refractivity contribution in [3.05, 3.63) is 41.3 Å². The number of tetrazole rings is 1. The molecule has 10 heteroatoms. The third kappa shape index (κ3) is 4.70. The number of thiazole rings is 1. The fraction of sp³-hybridized carbons (Fsp3) is 0.400. The van der Waals surface area contributed by atoms with Gasteiger partial charge in [0.2, 0.25) is 0 Å². The van der Waals surface area contributed by atoms with Crippen LogP contribution in [0.2, 0.25) is 0 Å². The van der Waals surface area contributed by atoms with Crippen LogP contribution in [0.15, 0.2) is 24.3 Å². The maximum Gasteiger partial charge on any atom is 0.321 e. The van der Waals surface area contributed by atoms with E-state index in [1.54, 1.807) is 0 Å². The number of carbonyl (C=O) groups is 2. The van der Waals surface area contributed by atoms with E-state index in [0.717, 1.165) is 34.5 Å². The lowest BCUT2D eigenvalue weighted by Crippen LogP contribution is -2.30. The van der Waals surface area contributed by atoms with Crippen LogP contribution >= 0.6 is 11.3 Å². The Morgan fingerprint density at radius 1 is 1.23 bits per heavy atom. The molecule has 0 atom stereocenters. The Labute approximate surface area is 177 Å². The van der Waals surface area contributed by atoms with Gasteiger partial charge in [0.15, 0.2) is 16.7 Å². The number of nitrogens with one attached hydrogen (secondary N) is 2. The maximum atomic E-state index is 12.2. The fourth-order valence-corrected chi connectivity index (χ4v) is 3.99. The minimum Gasteiger partial charge on any atom is -0.337 e. The minimum absolute atomic E-state index is 0.213. The first-order chi connectivity index (χ1) is 14.5. The summed E-state index contributed by atoms with van der Waals surface area (Å²) in [6.07, 6.45) is 2.50. The maximum absolute atomic E-state index is 12.2. The summed E-state index contributed by atoms with van der Waals surface area (Å²) in [6.45, 7) is 4.89. The molecule has 0 bridgehead atoms. The predicted molar refractivity (Wildman–Crippen MR) is 114 cm³/mol. The number of rotatable bonds is 8. The molecule has 2 aromatic heterocycles. The SMILES string of the molecule is CCn1nnc(CCNC(=O)Nc2nc(C)c(-c3ccc(C(=O)C4CC4)cc3)s2)n1. The number of ketones is 1. The second-order valence-corrected chi connectivity index (χ2v) is 8.17. The molecule has 0 unspecified atom stereocenters. The van der Waals surface area contributed by atoms with Gasteiger partial charge in [0.1, 0.15) is 0 Å². The quantitative estimate of drug-likeness (QED) is 0.536. The van der Waals surface area contributed by atoms with Crippen LogP contribution in [-0.4, -0.2) is 43.6 Å². The first-order valence-corrected chi connectivity index (χ1v) is 10.8. The van der Waals surface area contributed by atoms with E-state index in [1.165, 1.54) is 16.1 Å². The van der Waals surface area contributed by atoms with Crippen molar-refractivity contribution >= 4 is 28.3 Å². The second-order valence-electron chi connectivity index (χ2n) is 7.17. The first-order valence-electron chi connectivity index (χ1n) is 9.97. The minimum atomic E-state index is -0.330. The highest BCUT2D eigenvalue weighted by molar-refractivity contribution is 7.19. The molecule has 2 N–H and O–H groups in total. The molecule has 1 aromatic carbocycles. The van der Waals surface area contributed by atoms with Gasteiger partial charge in [-0.15, -0.1) is 10.2 Å². The molecule has 2 amide bonds. The van der Waals surface area contributed by atoms with Crippen LogP contribution in [0, 0.1) is 12.8 Å². The third-order valence-corrected chi connectivity index (χ3v) is 5.93. The van der Waals surface area contributed by atoms with E-state index in [0.29, 0.717) is 30.5 Å². The van der Waals surface area contributed by atoms with Crippen LogP contribution in [0.1, 0.15) is 41.6 Å². The zero-order chi connectivity index (χ0) is 21.1. The van der Waals surface area contributed by atoms with E-state index in [9.17, 15) is 9.59 Å². The number of carbonyl (C=O) groups excluding carboxylic acids is 2. The van der Waals surface area contributed by atoms with Gasteiger partial charge in [0, 0.05) is 24.4 Å². The van der Waals surface area contributed by atoms with E-state index < -0.39 is 0 Å². The molecule has 0 aliphatic heterocycles. The number of aryl methyl sites for hydroxylation is 2. The first kappa shape index (κ1) is 20.1. The van der Waals surface area contributed by atoms with Crippen molar-refractivity contribution in [1.29, 1.82) is 0 Å². The largest absolute Gasteiger partial charge is 0.337 e. The highest BCUT2D eigenvalue weighted by atomic mass is 32.1. The number of hydrogen-bond acceptors (Lipinski definition) is 7. The fourth-order valence-electron chi connectivity index (χ4n) is 3.02. The van der Waals surface area contributed by atoms with Gasteiger partial charge in [0.25, 0.3) is 0 Å². The average Bonchev–Trinajstić information content (AvgIpc) is 3.39. The lowest BCUT2D eigenvalue weighted by atomic mass is 10.0. The summed E-state index contributed by atoms with van der Waals surface area (Å²) < 4.78 is 0. The molecular weight excluding hydrogens is 402 g/mol. The van der Waals surface area contributed by atoms with Gasteiger partial charge in [0.05, 0.1) is 17.1 Å². The van der Waals surface area contributed by atoms with E-state index in [-0.39, 0.29) is 17.7 Å². The predicted octanol–water partition coefficient (Wildman–Crippen LogP) is 3.08. The van der Waals surface area contributed by atoms with Gasteiger partial charge < -0.3 is 5.32 Å². The highest BCUT2D eigenvalue weighted by Gasteiger charge is 2.30. The van der Waals surface area contributed by atoms with Gasteiger partial charge in [-0.1, -0.05) is 35.6 Å². The van der Waals surface area contributed by atoms with Crippen LogP contribution in [0.25, 0.3) is 10.4 Å². The summed E-state index contributed by atoms with van der Waals surface area (Å²) in [7, 11) is 0. The van der Waals surface area contributed by atoms with E-state index in [1.807, 2.05) is 38.1 Å². The number of amides is 2. The summed E-state index contributed by atoms with van der Waals surface area (Å²) in [5.41, 5.74) is 2.57. The van der Waals surface area contributed by atoms with E-state index >= 15 is 0 Å². The van der Waals surface area contributed by atoms with E-state index in [4.69, 9.17) is 0 Å². The molecular formula is C20H23N7O2S. The van der Waals surface area contributed by atoms with Gasteiger partial charge in [-0.05, 0) is 37.5 Å². The molecule has 1 saturated carbocycles. The normalized spacial score (nSPS) is 13.3. The van der Waals surface area contributed by atoms with Crippen LogP contribution in [0.4, 0.5) is 9.93 Å². The molecule has 0 radical (unpaired) electrons. The zero-order valence-corrected chi connectivity index (χ0v) is 17.7. The molecule has 30 heavy (non-hydrogen) atoms. The van der Waals surface area contributed by atoms with Crippen molar-refractivity contribution in [3.8, 4) is 10.4 Å². The number of aromatic nitrogens is 5. The molecule has 3 aromatic rings. The van der Waals surface area contributed by atoms with Crippen LogP contribution < -0.4 is 10.6 Å². The van der Waals surface area contributed by atoms with Gasteiger partial charge in [-0.2, -0.15) is 4.80 Å². The molecule has 0 spiro atoms. The third-order valence-electron chi connectivity index (χ3n) is 4.81. The number of benzene rings is 1. The van der Waals surface area contributed by atoms with Crippen LogP contribution in [0.5, 0.6) is 0 Å². The van der Waals surface area contributed by atoms with Crippen molar-refractivity contribution in [2.75, 3.05) is 11.9 Å². The van der Waals surface area contributed by atoms with Crippen molar-refractivity contribution in [3.63, 3.8) is 0 Å². The topological polar surface area (TPSA) is 115 Å². The smallest absolute Gasteiger partial charge is 0.321 e. The lowest BCUT2D eigenvalue weighted by Gasteiger charge is -2.03. The Kier molecular flexibility index (Phi) is 5.84. The lowest BCUT2D eigenvalue weighted by molar-refractivity contribution is 0.0967. The Hall–Kier alpha value is -3.14. The molecule has 0 saturated heterocycles. The summed E-state index contributed by atoms with van der Waals surface area (Å²) in [6, 6.07) is 7.30. The second kappa shape index (κ2) is 8.70. The number of Topliss-reactive ketones (excluding diaryl/α,β-unsaturated/α-hetero) is 1. The van der Waals surface area contributed by atoms with E-state index in [2.05, 4.69) is 31.0 Å². The summed E-state index contributed by atoms with van der Waals surface area (Å²) in [5.74, 6) is 1.03. The molecule has 4 rings (SSSR count). The molecule has 156 valence electrons. The molecule has 1 aliphatic carbocycles. The Morgan fingerprint density at radius 3 is 2.67 bits per heavy atom. The Balaban J connectivity index is 1.32. The van der Waals surface area contributed by atoms with Crippen molar-refractivity contribution in [1.82, 2.24) is 30.5 Å². The Bertz CT molecular complexity index is 1050. The monoisotopic (exact) mass is 425 g/mol. The van der Waals surface area contributed by atoms with Gasteiger partial charge in [-0.3, -0.25) is 10.1 Å². The number of anilines is 1. The standard InChI is InChI=1S/C20H23N7O2S/c1-3-27-25-16(24-26-27)10-11-21-19(29)23-20-22-12(2)18(30-20)15-8-6-14(7-9-15)17(28)13-4-5-13/h6-9,13H,3-5,10-11H2,1-2H3,(H2,21,22,23,29). The van der Waals surface area contributed by atoms with Crippen LogP contribution in [0.3, 0.4) is 0 Å². The average molecular weight is 426 g/mol. The number of urea groups is 1. The van der Waals surface area contributed by atoms with Gasteiger partial charge in [-0.25, -0.2) is 9.78 Å². The summed E-state index contributed by atoms with van der Waals surface area (Å²) in [4.78, 5) is 31.2. The van der Waals surface area contributed by atoms with Crippen LogP contribution in [-0.2, 0) is 13.0 Å².